The summed E-state index contributed by atoms with van der Waals surface area (Å²) < 4.78 is 0. The van der Waals surface area contributed by atoms with Crippen LogP contribution in [0.15, 0.2) is 29.4 Å². The maximum atomic E-state index is 10.8. The maximum absolute atomic E-state index is 10.8. The Morgan fingerprint density at radius 2 is 2.32 bits per heavy atom. The second-order valence-electron chi connectivity index (χ2n) is 3.80. The number of carboxylic acid groups (broad SMARTS) is 1. The highest BCUT2D eigenvalue weighted by atomic mass is 16.4. The van der Waals surface area contributed by atoms with Crippen molar-refractivity contribution in [3.8, 4) is 11.8 Å². The number of aromatic amines is 1. The van der Waals surface area contributed by atoms with E-state index in [1.54, 1.807) is 12.1 Å². The maximum Gasteiger partial charge on any atom is 0.352 e. The lowest BCUT2D eigenvalue weighted by atomic mass is 10.1. The molecule has 6 heteroatoms. The van der Waals surface area contributed by atoms with Crippen LogP contribution in [-0.4, -0.2) is 22.6 Å². The predicted molar refractivity (Wildman–Crippen MR) is 70.8 cm³/mol. The molecule has 6 nitrogen and oxygen atoms in total. The van der Waals surface area contributed by atoms with E-state index in [0.717, 1.165) is 16.5 Å². The Bertz CT molecular complexity index is 730. The molecule has 2 rings (SSSR count). The van der Waals surface area contributed by atoms with E-state index in [1.165, 1.54) is 0 Å². The normalized spacial score (nSPS) is 9.47. The van der Waals surface area contributed by atoms with E-state index in [9.17, 15) is 4.79 Å². The molecule has 0 aliphatic rings. The molecule has 1 heterocycles. The number of nitrogens with one attached hydrogen (secondary N) is 1. The molecular formula is C13H10N4O2. The number of H-pyrrole nitrogens is 1. The zero-order valence-electron chi connectivity index (χ0n) is 9.92. The smallest absolute Gasteiger partial charge is 0.352 e. The molecular weight excluding hydrogens is 244 g/mol. The number of carboxylic acids is 1. The molecule has 2 N–H and O–H groups in total. The van der Waals surface area contributed by atoms with Crippen LogP contribution < -0.4 is 0 Å². The van der Waals surface area contributed by atoms with Crippen LogP contribution in [0.25, 0.3) is 21.3 Å². The number of azide groups is 1. The molecule has 0 aliphatic heterocycles. The minimum Gasteiger partial charge on any atom is -0.477 e. The number of hydrogen-bond donors (Lipinski definition) is 2. The van der Waals surface area contributed by atoms with Crippen molar-refractivity contribution in [1.82, 2.24) is 4.98 Å². The second-order valence-corrected chi connectivity index (χ2v) is 3.80. The molecule has 0 fully saturated rings. The Balaban J connectivity index is 2.21. The highest BCUT2D eigenvalue weighted by molar-refractivity contribution is 5.94. The lowest BCUT2D eigenvalue weighted by molar-refractivity contribution is 0.0691. The van der Waals surface area contributed by atoms with Crippen molar-refractivity contribution in [2.45, 2.75) is 6.42 Å². The Labute approximate surface area is 108 Å². The highest BCUT2D eigenvalue weighted by Gasteiger charge is 2.06. The van der Waals surface area contributed by atoms with Crippen LogP contribution in [0, 0.1) is 11.8 Å². The number of hydrogen-bond acceptors (Lipinski definition) is 2. The summed E-state index contributed by atoms with van der Waals surface area (Å²) in [5.74, 6) is 4.84. The molecule has 0 saturated carbocycles. The van der Waals surface area contributed by atoms with Gasteiger partial charge in [0, 0.05) is 34.3 Å². The molecule has 0 unspecified atom stereocenters. The van der Waals surface area contributed by atoms with Gasteiger partial charge in [-0.1, -0.05) is 17.0 Å². The van der Waals surface area contributed by atoms with Gasteiger partial charge in [-0.25, -0.2) is 4.79 Å². The Morgan fingerprint density at radius 1 is 1.47 bits per heavy atom. The first-order chi connectivity index (χ1) is 9.20. The van der Waals surface area contributed by atoms with Crippen LogP contribution in [0.4, 0.5) is 0 Å². The zero-order valence-corrected chi connectivity index (χ0v) is 9.92. The van der Waals surface area contributed by atoms with Crippen LogP contribution in [0.5, 0.6) is 0 Å². The van der Waals surface area contributed by atoms with Crippen LogP contribution in [0.1, 0.15) is 22.5 Å². The van der Waals surface area contributed by atoms with Crippen LogP contribution in [-0.2, 0) is 0 Å². The summed E-state index contributed by atoms with van der Waals surface area (Å²) >= 11 is 0. The summed E-state index contributed by atoms with van der Waals surface area (Å²) in [7, 11) is 0. The van der Waals surface area contributed by atoms with E-state index >= 15 is 0 Å². The third kappa shape index (κ3) is 3.06. The van der Waals surface area contributed by atoms with Gasteiger partial charge in [-0.05, 0) is 29.8 Å². The van der Waals surface area contributed by atoms with E-state index in [1.807, 2.05) is 12.1 Å². The molecule has 0 aliphatic carbocycles. The van der Waals surface area contributed by atoms with Gasteiger partial charge in [-0.2, -0.15) is 0 Å². The third-order valence-electron chi connectivity index (χ3n) is 2.48. The van der Waals surface area contributed by atoms with Crippen molar-refractivity contribution in [1.29, 1.82) is 0 Å². The summed E-state index contributed by atoms with van der Waals surface area (Å²) in [6.07, 6.45) is 0.496. The van der Waals surface area contributed by atoms with Crippen molar-refractivity contribution < 1.29 is 9.90 Å². The van der Waals surface area contributed by atoms with E-state index in [4.69, 9.17) is 10.6 Å². The molecule has 19 heavy (non-hydrogen) atoms. The summed E-state index contributed by atoms with van der Waals surface area (Å²) in [5, 5.41) is 13.1. The number of aromatic carboxylic acids is 1. The molecule has 0 amide bonds. The topological polar surface area (TPSA) is 102 Å². The van der Waals surface area contributed by atoms with Crippen LogP contribution >= 0.6 is 0 Å². The van der Waals surface area contributed by atoms with Crippen LogP contribution in [0.2, 0.25) is 0 Å². The molecule has 1 aromatic carbocycles. The Kier molecular flexibility index (Phi) is 3.72. The molecule has 0 saturated heterocycles. The minimum absolute atomic E-state index is 0.156. The fraction of sp³-hybridized carbons (Fsp3) is 0.154. The Hall–Kier alpha value is -2.90. The van der Waals surface area contributed by atoms with E-state index < -0.39 is 5.97 Å². The van der Waals surface area contributed by atoms with Gasteiger partial charge in [0.1, 0.15) is 5.69 Å². The first-order valence-corrected chi connectivity index (χ1v) is 5.56. The van der Waals surface area contributed by atoms with Crippen molar-refractivity contribution >= 4 is 16.9 Å². The first kappa shape index (κ1) is 12.6. The van der Waals surface area contributed by atoms with E-state index in [2.05, 4.69) is 26.9 Å². The van der Waals surface area contributed by atoms with E-state index in [-0.39, 0.29) is 5.69 Å². The molecule has 0 atom stereocenters. The molecule has 0 radical (unpaired) electrons. The van der Waals surface area contributed by atoms with Gasteiger partial charge in [0.25, 0.3) is 0 Å². The fourth-order valence-electron chi connectivity index (χ4n) is 1.64. The SMILES string of the molecule is [N-]=[N+]=NCCC#Cc1ccc2[nH]c(C(=O)O)cc2c1. The van der Waals surface area contributed by atoms with Crippen LogP contribution in [0.3, 0.4) is 0 Å². The van der Waals surface area contributed by atoms with Gasteiger partial charge in [-0.15, -0.1) is 0 Å². The van der Waals surface area contributed by atoms with Gasteiger partial charge in [0.15, 0.2) is 0 Å². The van der Waals surface area contributed by atoms with Crippen molar-refractivity contribution in [3.05, 3.63) is 46.0 Å². The molecule has 1 aromatic heterocycles. The van der Waals surface area contributed by atoms with Gasteiger partial charge in [0.05, 0.1) is 0 Å². The minimum atomic E-state index is -0.988. The predicted octanol–water partition coefficient (Wildman–Crippen LogP) is 2.92. The third-order valence-corrected chi connectivity index (χ3v) is 2.48. The number of benzene rings is 1. The number of fused-ring (bicyclic) bond motifs is 1. The Morgan fingerprint density at radius 3 is 3.05 bits per heavy atom. The quantitative estimate of drug-likeness (QED) is 0.289. The van der Waals surface area contributed by atoms with Crippen molar-refractivity contribution in [3.63, 3.8) is 0 Å². The largest absolute Gasteiger partial charge is 0.477 e. The summed E-state index contributed by atoms with van der Waals surface area (Å²) in [5.41, 5.74) is 9.82. The van der Waals surface area contributed by atoms with Gasteiger partial charge in [0.2, 0.25) is 0 Å². The highest BCUT2D eigenvalue weighted by Crippen LogP contribution is 2.16. The van der Waals surface area contributed by atoms with Crippen molar-refractivity contribution in [2.24, 2.45) is 5.11 Å². The molecule has 0 spiro atoms. The zero-order chi connectivity index (χ0) is 13.7. The fourth-order valence-corrected chi connectivity index (χ4v) is 1.64. The van der Waals surface area contributed by atoms with E-state index in [0.29, 0.717) is 13.0 Å². The number of aromatic nitrogens is 1. The van der Waals surface area contributed by atoms with Gasteiger partial charge < -0.3 is 10.1 Å². The average Bonchev–Trinajstić information content (AvgIpc) is 2.82. The summed E-state index contributed by atoms with van der Waals surface area (Å²) in [6, 6.07) is 6.99. The molecule has 2 aromatic rings. The number of carbonyl (C=O) groups is 1. The standard InChI is InChI=1S/C13H10N4O2/c14-17-15-6-2-1-3-9-4-5-11-10(7-9)8-12(16-11)13(18)19/h4-5,7-8,16H,2,6H2,(H,18,19). The second kappa shape index (κ2) is 5.63. The molecule has 0 bridgehead atoms. The summed E-state index contributed by atoms with van der Waals surface area (Å²) in [4.78, 5) is 16.3. The van der Waals surface area contributed by atoms with Crippen molar-refractivity contribution in [2.75, 3.05) is 6.54 Å². The van der Waals surface area contributed by atoms with Gasteiger partial charge in [-0.3, -0.25) is 0 Å². The van der Waals surface area contributed by atoms with Gasteiger partial charge >= 0.3 is 5.97 Å². The number of nitrogens with zero attached hydrogens (tertiary/aromatic N) is 3. The summed E-state index contributed by atoms with van der Waals surface area (Å²) in [6.45, 7) is 0.346. The lowest BCUT2D eigenvalue weighted by Gasteiger charge is -1.91. The monoisotopic (exact) mass is 254 g/mol. The lowest BCUT2D eigenvalue weighted by Crippen LogP contribution is -1.94. The first-order valence-electron chi connectivity index (χ1n) is 5.56. The average molecular weight is 254 g/mol. The number of rotatable bonds is 3. The molecule has 94 valence electrons.